The van der Waals surface area contributed by atoms with Crippen LogP contribution in [0.5, 0.6) is 5.75 Å². The second-order valence-electron chi connectivity index (χ2n) is 6.88. The van der Waals surface area contributed by atoms with E-state index in [-0.39, 0.29) is 17.0 Å². The number of hydrogen-bond acceptors (Lipinski definition) is 5. The van der Waals surface area contributed by atoms with Crippen molar-refractivity contribution in [2.75, 3.05) is 5.32 Å². The van der Waals surface area contributed by atoms with Gasteiger partial charge in [-0.25, -0.2) is 9.48 Å². The molecule has 0 spiro atoms. The first-order valence-corrected chi connectivity index (χ1v) is 9.59. The van der Waals surface area contributed by atoms with Gasteiger partial charge in [-0.3, -0.25) is 14.3 Å². The number of alkyl halides is 2. The number of aromatic nitrogens is 2. The van der Waals surface area contributed by atoms with Crippen molar-refractivity contribution < 1.29 is 27.8 Å². The first-order chi connectivity index (χ1) is 15.2. The summed E-state index contributed by atoms with van der Waals surface area (Å²) in [5.41, 5.74) is 0.826. The molecule has 168 valence electrons. The highest BCUT2D eigenvalue weighted by atomic mass is 19.3. The maximum absolute atomic E-state index is 12.9. The Labute approximate surface area is 182 Å². The van der Waals surface area contributed by atoms with Crippen LogP contribution >= 0.6 is 0 Å². The summed E-state index contributed by atoms with van der Waals surface area (Å²) < 4.78 is 36.8. The van der Waals surface area contributed by atoms with Crippen LogP contribution in [0.25, 0.3) is 5.69 Å². The van der Waals surface area contributed by atoms with Crippen LogP contribution in [0.3, 0.4) is 0 Å². The van der Waals surface area contributed by atoms with E-state index in [0.717, 1.165) is 0 Å². The van der Waals surface area contributed by atoms with Gasteiger partial charge in [0.25, 0.3) is 11.5 Å². The van der Waals surface area contributed by atoms with Crippen molar-refractivity contribution in [2.45, 2.75) is 26.6 Å². The molecule has 0 saturated heterocycles. The van der Waals surface area contributed by atoms with Crippen molar-refractivity contribution in [3.8, 4) is 11.4 Å². The minimum Gasteiger partial charge on any atom is -0.449 e. The molecule has 0 bridgehead atoms. The van der Waals surface area contributed by atoms with Crippen molar-refractivity contribution in [1.29, 1.82) is 0 Å². The van der Waals surface area contributed by atoms with Crippen LogP contribution < -0.4 is 15.6 Å². The summed E-state index contributed by atoms with van der Waals surface area (Å²) in [6.07, 6.45) is -1.22. The lowest BCUT2D eigenvalue weighted by atomic mass is 10.2. The van der Waals surface area contributed by atoms with Crippen LogP contribution in [0.2, 0.25) is 0 Å². The van der Waals surface area contributed by atoms with Gasteiger partial charge >= 0.3 is 12.6 Å². The number of nitrogens with one attached hydrogen (secondary N) is 1. The molecule has 0 aliphatic rings. The molecule has 0 radical (unpaired) electrons. The monoisotopic (exact) mass is 445 g/mol. The minimum absolute atomic E-state index is 0.0496. The molecule has 3 aromatic rings. The van der Waals surface area contributed by atoms with Crippen molar-refractivity contribution in [3.05, 3.63) is 76.2 Å². The molecule has 1 N–H and O–H groups in total. The van der Waals surface area contributed by atoms with E-state index in [2.05, 4.69) is 10.1 Å². The zero-order valence-electron chi connectivity index (χ0n) is 17.5. The third-order valence-electron chi connectivity index (χ3n) is 4.77. The summed E-state index contributed by atoms with van der Waals surface area (Å²) in [4.78, 5) is 37.7. The zero-order chi connectivity index (χ0) is 23.4. The van der Waals surface area contributed by atoms with Crippen LogP contribution in [-0.4, -0.2) is 34.0 Å². The van der Waals surface area contributed by atoms with Gasteiger partial charge in [0, 0.05) is 7.05 Å². The van der Waals surface area contributed by atoms with Crippen molar-refractivity contribution >= 4 is 17.6 Å². The average Bonchev–Trinajstić information content (AvgIpc) is 2.97. The molecule has 8 nitrogen and oxygen atoms in total. The molecule has 1 atom stereocenters. The molecule has 0 aliphatic carbocycles. The predicted molar refractivity (Wildman–Crippen MR) is 112 cm³/mol. The van der Waals surface area contributed by atoms with Crippen molar-refractivity contribution in [3.63, 3.8) is 0 Å². The Morgan fingerprint density at radius 1 is 1.03 bits per heavy atom. The summed E-state index contributed by atoms with van der Waals surface area (Å²) in [5, 5.41) is 2.52. The molecule has 32 heavy (non-hydrogen) atoms. The molecule has 0 fully saturated rings. The maximum Gasteiger partial charge on any atom is 0.387 e. The van der Waals surface area contributed by atoms with E-state index in [4.69, 9.17) is 4.74 Å². The fourth-order valence-corrected chi connectivity index (χ4v) is 2.99. The molecule has 1 aromatic heterocycles. The van der Waals surface area contributed by atoms with Crippen LogP contribution in [0.4, 0.5) is 14.5 Å². The minimum atomic E-state index is -2.98. The van der Waals surface area contributed by atoms with E-state index < -0.39 is 30.2 Å². The second kappa shape index (κ2) is 9.46. The fraction of sp³-hybridized carbons (Fsp3) is 0.227. The number of amides is 1. The van der Waals surface area contributed by atoms with E-state index in [1.165, 1.54) is 35.9 Å². The van der Waals surface area contributed by atoms with Crippen molar-refractivity contribution in [2.24, 2.45) is 7.05 Å². The zero-order valence-corrected chi connectivity index (χ0v) is 17.5. The van der Waals surface area contributed by atoms with E-state index in [0.29, 0.717) is 11.4 Å². The lowest BCUT2D eigenvalue weighted by Gasteiger charge is -2.13. The first kappa shape index (κ1) is 22.7. The van der Waals surface area contributed by atoms with E-state index in [9.17, 15) is 23.2 Å². The van der Waals surface area contributed by atoms with Gasteiger partial charge in [0.1, 0.15) is 11.4 Å². The van der Waals surface area contributed by atoms with Gasteiger partial charge in [0.2, 0.25) is 0 Å². The topological polar surface area (TPSA) is 91.6 Å². The molecule has 0 aliphatic heterocycles. The number of benzene rings is 2. The van der Waals surface area contributed by atoms with Gasteiger partial charge in [-0.15, -0.1) is 0 Å². The Hall–Kier alpha value is -3.95. The molecular formula is C22H21F2N3O5. The largest absolute Gasteiger partial charge is 0.449 e. The summed E-state index contributed by atoms with van der Waals surface area (Å²) in [5.74, 6) is -1.64. The lowest BCUT2D eigenvalue weighted by Crippen LogP contribution is -2.32. The standard InChI is InChI=1S/C22H21F2N3O5/c1-13-18(20(29)27(26(13)3)16-7-5-4-6-8-16)25-19(28)14(2)31-21(30)15-9-11-17(12-10-15)32-22(23)24/h4-12,14,22H,1-3H3,(H,25,28)/t14-/m1/s1. The molecule has 2 aromatic carbocycles. The molecule has 10 heteroatoms. The number of hydrogen-bond donors (Lipinski definition) is 1. The Balaban J connectivity index is 1.71. The third kappa shape index (κ3) is 4.85. The quantitative estimate of drug-likeness (QED) is 0.564. The Morgan fingerprint density at radius 2 is 1.66 bits per heavy atom. The van der Waals surface area contributed by atoms with E-state index >= 15 is 0 Å². The number of halogens is 2. The number of para-hydroxylation sites is 1. The predicted octanol–water partition coefficient (Wildman–Crippen LogP) is 3.27. The van der Waals surface area contributed by atoms with Crippen LogP contribution in [0.15, 0.2) is 59.4 Å². The normalized spacial score (nSPS) is 11.8. The highest BCUT2D eigenvalue weighted by molar-refractivity contribution is 5.97. The van der Waals surface area contributed by atoms with Crippen LogP contribution in [0.1, 0.15) is 23.0 Å². The SMILES string of the molecule is Cc1c(NC(=O)[C@@H](C)OC(=O)c2ccc(OC(F)F)cc2)c(=O)n(-c2ccccc2)n1C. The van der Waals surface area contributed by atoms with E-state index in [1.54, 1.807) is 42.9 Å². The number of rotatable bonds is 7. The third-order valence-corrected chi connectivity index (χ3v) is 4.77. The van der Waals surface area contributed by atoms with Crippen molar-refractivity contribution in [1.82, 2.24) is 9.36 Å². The molecular weight excluding hydrogens is 424 g/mol. The maximum atomic E-state index is 12.9. The molecule has 1 heterocycles. The van der Waals surface area contributed by atoms with Crippen LogP contribution in [-0.2, 0) is 16.6 Å². The second-order valence-corrected chi connectivity index (χ2v) is 6.88. The number of carbonyl (C=O) groups is 2. The highest BCUT2D eigenvalue weighted by Crippen LogP contribution is 2.17. The Morgan fingerprint density at radius 3 is 2.25 bits per heavy atom. The van der Waals surface area contributed by atoms with Gasteiger partial charge in [0.05, 0.1) is 16.9 Å². The summed E-state index contributed by atoms with van der Waals surface area (Å²) in [7, 11) is 1.68. The number of anilines is 1. The van der Waals surface area contributed by atoms with Gasteiger partial charge in [-0.05, 0) is 50.2 Å². The van der Waals surface area contributed by atoms with Gasteiger partial charge < -0.3 is 14.8 Å². The molecule has 0 saturated carbocycles. The number of esters is 1. The summed E-state index contributed by atoms with van der Waals surface area (Å²) in [6, 6.07) is 13.8. The highest BCUT2D eigenvalue weighted by Gasteiger charge is 2.23. The van der Waals surface area contributed by atoms with Gasteiger partial charge in [-0.1, -0.05) is 18.2 Å². The first-order valence-electron chi connectivity index (χ1n) is 9.59. The average molecular weight is 445 g/mol. The molecule has 0 unspecified atom stereocenters. The molecule has 3 rings (SSSR count). The fourth-order valence-electron chi connectivity index (χ4n) is 2.99. The number of carbonyl (C=O) groups excluding carboxylic acids is 2. The summed E-state index contributed by atoms with van der Waals surface area (Å²) in [6.45, 7) is 0.0514. The Kier molecular flexibility index (Phi) is 6.72. The van der Waals surface area contributed by atoms with Crippen LogP contribution in [0, 0.1) is 6.92 Å². The van der Waals surface area contributed by atoms with E-state index in [1.807, 2.05) is 6.07 Å². The summed E-state index contributed by atoms with van der Waals surface area (Å²) >= 11 is 0. The smallest absolute Gasteiger partial charge is 0.387 e. The molecule has 1 amide bonds. The number of ether oxygens (including phenoxy) is 2. The Bertz CT molecular complexity index is 1170. The van der Waals surface area contributed by atoms with Gasteiger partial charge in [-0.2, -0.15) is 8.78 Å². The lowest BCUT2D eigenvalue weighted by molar-refractivity contribution is -0.123. The number of nitrogens with zero attached hydrogens (tertiary/aromatic N) is 2. The van der Waals surface area contributed by atoms with Gasteiger partial charge in [0.15, 0.2) is 6.10 Å².